The average molecular weight is 475 g/mol. The lowest BCUT2D eigenvalue weighted by Gasteiger charge is -2.15. The van der Waals surface area contributed by atoms with Crippen LogP contribution in [0.1, 0.15) is 16.7 Å². The van der Waals surface area contributed by atoms with Crippen LogP contribution in [0.2, 0.25) is 0 Å². The summed E-state index contributed by atoms with van der Waals surface area (Å²) in [6.45, 7) is 5.64. The van der Waals surface area contributed by atoms with E-state index < -0.39 is 10.8 Å². The Kier molecular flexibility index (Phi) is 6.47. The fourth-order valence-corrected chi connectivity index (χ4v) is 4.50. The molecule has 1 amide bonds. The fourth-order valence-electron chi connectivity index (χ4n) is 3.69. The highest BCUT2D eigenvalue weighted by Crippen LogP contribution is 2.27. The zero-order chi connectivity index (χ0) is 24.4. The largest absolute Gasteiger partial charge is 0.320 e. The van der Waals surface area contributed by atoms with Crippen LogP contribution in [-0.2, 0) is 4.79 Å². The predicted octanol–water partition coefficient (Wildman–Crippen LogP) is 4.95. The number of rotatable bonds is 6. The van der Waals surface area contributed by atoms with E-state index >= 15 is 0 Å². The van der Waals surface area contributed by atoms with Crippen molar-refractivity contribution >= 4 is 39.9 Å². The Labute approximate surface area is 199 Å². The third-order valence-electron chi connectivity index (χ3n) is 5.29. The summed E-state index contributed by atoms with van der Waals surface area (Å²) in [6.07, 6.45) is 0. The van der Waals surface area contributed by atoms with Gasteiger partial charge in [0.15, 0.2) is 5.16 Å². The van der Waals surface area contributed by atoms with E-state index in [1.165, 1.54) is 16.7 Å². The highest BCUT2D eigenvalue weighted by Gasteiger charge is 2.19. The molecule has 4 aromatic rings. The monoisotopic (exact) mass is 474 g/mol. The van der Waals surface area contributed by atoms with Gasteiger partial charge in [-0.2, -0.15) is 0 Å². The summed E-state index contributed by atoms with van der Waals surface area (Å²) < 4.78 is 1.52. The Bertz CT molecular complexity index is 1500. The van der Waals surface area contributed by atoms with E-state index in [0.29, 0.717) is 21.7 Å². The first-order valence-electron chi connectivity index (χ1n) is 10.5. The normalized spacial score (nSPS) is 10.9. The molecule has 8 nitrogen and oxygen atoms in total. The topological polar surface area (TPSA) is 107 Å². The second-order valence-corrected chi connectivity index (χ2v) is 8.90. The van der Waals surface area contributed by atoms with Crippen molar-refractivity contribution in [3.63, 3.8) is 0 Å². The molecule has 0 saturated heterocycles. The Morgan fingerprint density at radius 2 is 1.76 bits per heavy atom. The standard InChI is InChI=1S/C25H22N4O4S/c1-15-9-11-21(17(3)12-15)28-24(31)18-6-4-5-7-19(18)27-25(28)34-14-23(30)26-20-10-8-16(2)13-22(20)29(32)33/h4-13H,14H2,1-3H3,(H,26,30). The molecule has 0 aliphatic carbocycles. The minimum absolute atomic E-state index is 0.0826. The number of nitrogens with one attached hydrogen (secondary N) is 1. The van der Waals surface area contributed by atoms with Crippen molar-refractivity contribution in [3.05, 3.63) is 97.8 Å². The molecule has 0 aliphatic rings. The van der Waals surface area contributed by atoms with E-state index in [1.807, 2.05) is 32.0 Å². The van der Waals surface area contributed by atoms with Gasteiger partial charge >= 0.3 is 0 Å². The van der Waals surface area contributed by atoms with Crippen LogP contribution in [0.4, 0.5) is 11.4 Å². The Morgan fingerprint density at radius 3 is 2.50 bits per heavy atom. The summed E-state index contributed by atoms with van der Waals surface area (Å²) in [5.74, 6) is -0.521. The van der Waals surface area contributed by atoms with E-state index in [4.69, 9.17) is 0 Å². The molecule has 0 unspecified atom stereocenters. The Hall–Kier alpha value is -3.98. The third kappa shape index (κ3) is 4.69. The molecule has 3 aromatic carbocycles. The van der Waals surface area contributed by atoms with Gasteiger partial charge in [0.2, 0.25) is 5.91 Å². The van der Waals surface area contributed by atoms with Gasteiger partial charge in [-0.05, 0) is 56.2 Å². The molecular weight excluding hydrogens is 452 g/mol. The van der Waals surface area contributed by atoms with Crippen LogP contribution in [0, 0.1) is 30.9 Å². The van der Waals surface area contributed by atoms with Gasteiger partial charge in [0.25, 0.3) is 11.2 Å². The Morgan fingerprint density at radius 1 is 1.06 bits per heavy atom. The van der Waals surface area contributed by atoms with Gasteiger partial charge in [0, 0.05) is 6.07 Å². The molecule has 0 radical (unpaired) electrons. The summed E-state index contributed by atoms with van der Waals surface area (Å²) in [4.78, 5) is 41.6. The number of nitro benzene ring substituents is 1. The zero-order valence-electron chi connectivity index (χ0n) is 18.9. The second kappa shape index (κ2) is 9.48. The highest BCUT2D eigenvalue weighted by molar-refractivity contribution is 7.99. The molecule has 0 bridgehead atoms. The molecule has 0 spiro atoms. The van der Waals surface area contributed by atoms with Crippen LogP contribution in [0.25, 0.3) is 16.6 Å². The number of benzene rings is 3. The van der Waals surface area contributed by atoms with E-state index in [-0.39, 0.29) is 22.7 Å². The van der Waals surface area contributed by atoms with Crippen LogP contribution in [0.15, 0.2) is 70.6 Å². The van der Waals surface area contributed by atoms with Crippen LogP contribution in [0.5, 0.6) is 0 Å². The van der Waals surface area contributed by atoms with Crippen molar-refractivity contribution in [2.45, 2.75) is 25.9 Å². The lowest BCUT2D eigenvalue weighted by Crippen LogP contribution is -2.23. The first kappa shape index (κ1) is 23.2. The molecule has 0 atom stereocenters. The third-order valence-corrected chi connectivity index (χ3v) is 6.23. The minimum atomic E-state index is -0.529. The van der Waals surface area contributed by atoms with Crippen molar-refractivity contribution in [2.24, 2.45) is 0 Å². The molecule has 9 heteroatoms. The van der Waals surface area contributed by atoms with Gasteiger partial charge in [-0.25, -0.2) is 4.98 Å². The lowest BCUT2D eigenvalue weighted by atomic mass is 10.1. The first-order chi connectivity index (χ1) is 16.2. The molecular formula is C25H22N4O4S. The van der Waals surface area contributed by atoms with E-state index in [9.17, 15) is 19.7 Å². The molecule has 1 heterocycles. The number of carbonyl (C=O) groups is 1. The predicted molar refractivity (Wildman–Crippen MR) is 134 cm³/mol. The minimum Gasteiger partial charge on any atom is -0.320 e. The number of thioether (sulfide) groups is 1. The number of anilines is 1. The number of para-hydroxylation sites is 1. The van der Waals surface area contributed by atoms with Crippen molar-refractivity contribution < 1.29 is 9.72 Å². The molecule has 0 fully saturated rings. The number of aryl methyl sites for hydroxylation is 3. The quantitative estimate of drug-likeness (QED) is 0.183. The number of hydrogen-bond acceptors (Lipinski definition) is 6. The summed E-state index contributed by atoms with van der Waals surface area (Å²) in [5, 5.41) is 14.8. The number of carbonyl (C=O) groups excluding carboxylic acids is 1. The molecule has 0 saturated carbocycles. The van der Waals surface area contributed by atoms with Gasteiger partial charge in [-0.15, -0.1) is 0 Å². The zero-order valence-corrected chi connectivity index (χ0v) is 19.7. The molecule has 0 aliphatic heterocycles. The second-order valence-electron chi connectivity index (χ2n) is 7.96. The SMILES string of the molecule is Cc1ccc(-n2c(SCC(=O)Nc3ccc(C)cc3[N+](=O)[O-])nc3ccccc3c2=O)c(C)c1. The lowest BCUT2D eigenvalue weighted by molar-refractivity contribution is -0.384. The number of fused-ring (bicyclic) bond motifs is 1. The summed E-state index contributed by atoms with van der Waals surface area (Å²) >= 11 is 1.10. The van der Waals surface area contributed by atoms with Gasteiger partial charge < -0.3 is 5.32 Å². The molecule has 4 rings (SSSR count). The summed E-state index contributed by atoms with van der Waals surface area (Å²) in [5.41, 5.74) is 3.63. The van der Waals surface area contributed by atoms with Gasteiger partial charge in [0.05, 0.1) is 27.3 Å². The van der Waals surface area contributed by atoms with Crippen LogP contribution in [-0.4, -0.2) is 26.1 Å². The maximum atomic E-state index is 13.4. The Balaban J connectivity index is 1.69. The van der Waals surface area contributed by atoms with Gasteiger partial charge in [-0.3, -0.25) is 24.3 Å². The van der Waals surface area contributed by atoms with Gasteiger partial charge in [-0.1, -0.05) is 47.7 Å². The molecule has 34 heavy (non-hydrogen) atoms. The smallest absolute Gasteiger partial charge is 0.293 e. The van der Waals surface area contributed by atoms with Crippen LogP contribution >= 0.6 is 11.8 Å². The molecule has 1 aromatic heterocycles. The maximum absolute atomic E-state index is 13.4. The average Bonchev–Trinajstić information content (AvgIpc) is 2.79. The van der Waals surface area contributed by atoms with Gasteiger partial charge in [0.1, 0.15) is 5.69 Å². The van der Waals surface area contributed by atoms with Crippen molar-refractivity contribution in [1.82, 2.24) is 9.55 Å². The highest BCUT2D eigenvalue weighted by atomic mass is 32.2. The number of hydrogen-bond donors (Lipinski definition) is 1. The van der Waals surface area contributed by atoms with Crippen molar-refractivity contribution in [3.8, 4) is 5.69 Å². The van der Waals surface area contributed by atoms with Crippen LogP contribution < -0.4 is 10.9 Å². The van der Waals surface area contributed by atoms with Crippen molar-refractivity contribution in [2.75, 3.05) is 11.1 Å². The summed E-state index contributed by atoms with van der Waals surface area (Å²) in [7, 11) is 0. The molecule has 172 valence electrons. The maximum Gasteiger partial charge on any atom is 0.293 e. The van der Waals surface area contributed by atoms with Crippen molar-refractivity contribution in [1.29, 1.82) is 0 Å². The number of nitrogens with zero attached hydrogens (tertiary/aromatic N) is 3. The number of nitro groups is 1. The van der Waals surface area contributed by atoms with E-state index in [1.54, 1.807) is 37.3 Å². The number of amides is 1. The van der Waals surface area contributed by atoms with E-state index in [0.717, 1.165) is 28.5 Å². The summed E-state index contributed by atoms with van der Waals surface area (Å²) in [6, 6.07) is 17.4. The van der Waals surface area contributed by atoms with Crippen LogP contribution in [0.3, 0.4) is 0 Å². The fraction of sp³-hybridized carbons (Fsp3) is 0.160. The van der Waals surface area contributed by atoms with E-state index in [2.05, 4.69) is 10.3 Å². The molecule has 1 N–H and O–H groups in total. The number of aromatic nitrogens is 2. The first-order valence-corrected chi connectivity index (χ1v) is 11.5.